The van der Waals surface area contributed by atoms with Gasteiger partial charge >= 0.3 is 0 Å². The van der Waals surface area contributed by atoms with Crippen LogP contribution < -0.4 is 10.2 Å². The Bertz CT molecular complexity index is 813. The van der Waals surface area contributed by atoms with Gasteiger partial charge in [0.1, 0.15) is 0 Å². The molecule has 2 fully saturated rings. The number of terminal acetylenes is 1. The molecule has 1 aromatic heterocycles. The molecule has 158 valence electrons. The van der Waals surface area contributed by atoms with E-state index >= 15 is 0 Å². The number of halogens is 1. The average Bonchev–Trinajstić information content (AvgIpc) is 3.33. The third kappa shape index (κ3) is 5.99. The van der Waals surface area contributed by atoms with Crippen LogP contribution in [0.25, 0.3) is 0 Å². The summed E-state index contributed by atoms with van der Waals surface area (Å²) >= 11 is 6.48. The standard InChI is InChI=1S/C18H22ClN5.C2H2.CH4O.CH4/c1-12-4-5-23(10-12)18-7-17(13(8-20)6-16(18)19)22-14-9-21-24(11-14)15-2-3-15;2*1-2;/h6-9,11-12,15,20,22H,2-5,10H2,1H3;1-2H;2H,1H3;1H4. The van der Waals surface area contributed by atoms with Crippen molar-refractivity contribution in [1.82, 2.24) is 9.78 Å². The van der Waals surface area contributed by atoms with Crippen LogP contribution in [0.2, 0.25) is 5.02 Å². The van der Waals surface area contributed by atoms with Gasteiger partial charge in [-0.1, -0.05) is 26.0 Å². The SMILES string of the molecule is C.C#C.CC1CCN(c2cc(Nc3cnn(C4CC4)c3)c(C=N)cc2Cl)C1.CO. The normalized spacial score (nSPS) is 17.2. The van der Waals surface area contributed by atoms with E-state index in [1.54, 1.807) is 0 Å². The van der Waals surface area contributed by atoms with E-state index in [2.05, 4.69) is 41.2 Å². The minimum atomic E-state index is 0. The molecule has 0 amide bonds. The Morgan fingerprint density at radius 3 is 2.52 bits per heavy atom. The highest BCUT2D eigenvalue weighted by molar-refractivity contribution is 6.33. The Kier molecular flexibility index (Phi) is 9.73. The van der Waals surface area contributed by atoms with Gasteiger partial charge in [-0.3, -0.25) is 4.68 Å². The molecule has 6 nitrogen and oxygen atoms in total. The number of hydrogen-bond donors (Lipinski definition) is 3. The monoisotopic (exact) mass is 417 g/mol. The van der Waals surface area contributed by atoms with Crippen LogP contribution in [-0.4, -0.2) is 41.3 Å². The summed E-state index contributed by atoms with van der Waals surface area (Å²) in [6, 6.07) is 4.50. The average molecular weight is 418 g/mol. The van der Waals surface area contributed by atoms with Crippen molar-refractivity contribution in [1.29, 1.82) is 5.41 Å². The van der Waals surface area contributed by atoms with Crippen LogP contribution in [0.5, 0.6) is 0 Å². The van der Waals surface area contributed by atoms with E-state index in [0.717, 1.165) is 42.8 Å². The number of anilines is 3. The molecule has 7 heteroatoms. The molecular weight excluding hydrogens is 386 g/mol. The molecule has 1 atom stereocenters. The van der Waals surface area contributed by atoms with E-state index in [4.69, 9.17) is 22.1 Å². The highest BCUT2D eigenvalue weighted by Gasteiger charge is 2.25. The first-order valence-electron chi connectivity index (χ1n) is 9.32. The van der Waals surface area contributed by atoms with Gasteiger partial charge in [0.15, 0.2) is 0 Å². The maximum Gasteiger partial charge on any atom is 0.0770 e. The van der Waals surface area contributed by atoms with E-state index in [-0.39, 0.29) is 7.43 Å². The van der Waals surface area contributed by atoms with Gasteiger partial charge in [0.25, 0.3) is 0 Å². The molecule has 0 spiro atoms. The second kappa shape index (κ2) is 11.5. The molecular formula is C22H32ClN5O. The zero-order chi connectivity index (χ0) is 20.7. The summed E-state index contributed by atoms with van der Waals surface area (Å²) < 4.78 is 2.02. The van der Waals surface area contributed by atoms with Crippen LogP contribution >= 0.6 is 11.6 Å². The van der Waals surface area contributed by atoms with Crippen molar-refractivity contribution in [2.45, 2.75) is 39.7 Å². The van der Waals surface area contributed by atoms with Gasteiger partial charge in [-0.25, -0.2) is 0 Å². The lowest BCUT2D eigenvalue weighted by molar-refractivity contribution is 0.399. The van der Waals surface area contributed by atoms with Crippen molar-refractivity contribution in [2.24, 2.45) is 5.92 Å². The van der Waals surface area contributed by atoms with Gasteiger partial charge in [0, 0.05) is 43.9 Å². The second-order valence-electron chi connectivity index (χ2n) is 6.94. The van der Waals surface area contributed by atoms with Gasteiger partial charge in [-0.05, 0) is 37.3 Å². The molecule has 1 aliphatic heterocycles. The highest BCUT2D eigenvalue weighted by atomic mass is 35.5. The van der Waals surface area contributed by atoms with Crippen molar-refractivity contribution in [2.75, 3.05) is 30.4 Å². The third-order valence-electron chi connectivity index (χ3n) is 4.84. The van der Waals surface area contributed by atoms with Crippen molar-refractivity contribution in [3.05, 3.63) is 35.1 Å². The fourth-order valence-corrected chi connectivity index (χ4v) is 3.59. The second-order valence-corrected chi connectivity index (χ2v) is 7.35. The highest BCUT2D eigenvalue weighted by Crippen LogP contribution is 2.37. The summed E-state index contributed by atoms with van der Waals surface area (Å²) in [5, 5.41) is 23.2. The Morgan fingerprint density at radius 2 is 1.97 bits per heavy atom. The Labute approximate surface area is 179 Å². The van der Waals surface area contributed by atoms with Crippen molar-refractivity contribution < 1.29 is 5.11 Å². The lowest BCUT2D eigenvalue weighted by Crippen LogP contribution is -2.19. The molecule has 1 saturated carbocycles. The zero-order valence-electron chi connectivity index (χ0n) is 16.4. The predicted molar refractivity (Wildman–Crippen MR) is 124 cm³/mol. The van der Waals surface area contributed by atoms with Gasteiger partial charge < -0.3 is 20.7 Å². The molecule has 1 aromatic carbocycles. The van der Waals surface area contributed by atoms with E-state index < -0.39 is 0 Å². The summed E-state index contributed by atoms with van der Waals surface area (Å²) in [7, 11) is 1.00. The molecule has 1 saturated heterocycles. The number of aliphatic hydroxyl groups is 1. The van der Waals surface area contributed by atoms with Crippen LogP contribution in [0.3, 0.4) is 0 Å². The van der Waals surface area contributed by atoms with Crippen LogP contribution in [0.4, 0.5) is 17.1 Å². The van der Waals surface area contributed by atoms with Gasteiger partial charge in [-0.2, -0.15) is 5.10 Å². The Balaban J connectivity index is 0.000000794. The van der Waals surface area contributed by atoms with Crippen molar-refractivity contribution in [3.63, 3.8) is 0 Å². The number of hydrogen-bond acceptors (Lipinski definition) is 5. The first kappa shape index (κ1) is 24.5. The van der Waals surface area contributed by atoms with E-state index in [1.807, 2.05) is 23.1 Å². The van der Waals surface area contributed by atoms with Gasteiger partial charge in [0.05, 0.1) is 28.6 Å². The van der Waals surface area contributed by atoms with Crippen LogP contribution in [0.1, 0.15) is 45.2 Å². The number of benzene rings is 1. The molecule has 2 heterocycles. The van der Waals surface area contributed by atoms with Crippen LogP contribution in [0, 0.1) is 24.2 Å². The number of nitrogens with one attached hydrogen (secondary N) is 2. The van der Waals surface area contributed by atoms with Gasteiger partial charge in [-0.15, -0.1) is 12.8 Å². The number of aliphatic hydroxyl groups excluding tert-OH is 1. The number of aromatic nitrogens is 2. The molecule has 2 aromatic rings. The quantitative estimate of drug-likeness (QED) is 0.475. The smallest absolute Gasteiger partial charge is 0.0770 e. The summed E-state index contributed by atoms with van der Waals surface area (Å²) in [5.74, 6) is 0.691. The molecule has 1 aliphatic carbocycles. The van der Waals surface area contributed by atoms with E-state index in [1.165, 1.54) is 25.5 Å². The lowest BCUT2D eigenvalue weighted by Gasteiger charge is -2.22. The topological polar surface area (TPSA) is 77.2 Å². The molecule has 3 N–H and O–H groups in total. The Morgan fingerprint density at radius 1 is 1.28 bits per heavy atom. The maximum atomic E-state index is 7.68. The summed E-state index contributed by atoms with van der Waals surface area (Å²) in [6.45, 7) is 4.33. The van der Waals surface area contributed by atoms with Crippen molar-refractivity contribution in [3.8, 4) is 12.8 Å². The fraction of sp³-hybridized carbons (Fsp3) is 0.455. The lowest BCUT2D eigenvalue weighted by atomic mass is 10.1. The largest absolute Gasteiger partial charge is 0.400 e. The summed E-state index contributed by atoms with van der Waals surface area (Å²) in [5.41, 5.74) is 3.69. The zero-order valence-corrected chi connectivity index (χ0v) is 17.2. The van der Waals surface area contributed by atoms with Crippen molar-refractivity contribution >= 4 is 34.9 Å². The third-order valence-corrected chi connectivity index (χ3v) is 5.14. The fourth-order valence-electron chi connectivity index (χ4n) is 3.30. The summed E-state index contributed by atoms with van der Waals surface area (Å²) in [6.07, 6.45) is 16.8. The van der Waals surface area contributed by atoms with Crippen LogP contribution in [0.15, 0.2) is 24.5 Å². The molecule has 2 aliphatic rings. The molecule has 0 radical (unpaired) electrons. The molecule has 29 heavy (non-hydrogen) atoms. The van der Waals surface area contributed by atoms with Gasteiger partial charge in [0.2, 0.25) is 0 Å². The first-order chi connectivity index (χ1) is 13.6. The minimum Gasteiger partial charge on any atom is -0.400 e. The summed E-state index contributed by atoms with van der Waals surface area (Å²) in [4.78, 5) is 2.33. The minimum absolute atomic E-state index is 0. The molecule has 0 bridgehead atoms. The Hall–Kier alpha value is -2.49. The number of nitrogens with zero attached hydrogens (tertiary/aromatic N) is 3. The van der Waals surface area contributed by atoms with E-state index in [9.17, 15) is 0 Å². The molecule has 1 unspecified atom stereocenters. The van der Waals surface area contributed by atoms with E-state index in [0.29, 0.717) is 17.0 Å². The number of rotatable bonds is 5. The predicted octanol–water partition coefficient (Wildman–Crippen LogP) is 4.95. The first-order valence-corrected chi connectivity index (χ1v) is 9.70. The molecule has 4 rings (SSSR count). The van der Waals surface area contributed by atoms with Crippen LogP contribution in [-0.2, 0) is 0 Å². The maximum absolute atomic E-state index is 7.68.